The van der Waals surface area contributed by atoms with Crippen LogP contribution in [0, 0.1) is 19.8 Å². The van der Waals surface area contributed by atoms with Crippen molar-refractivity contribution in [1.29, 1.82) is 0 Å². The molecule has 2 rings (SSSR count). The molecule has 2 aromatic rings. The van der Waals surface area contributed by atoms with E-state index in [1.165, 1.54) is 0 Å². The van der Waals surface area contributed by atoms with Crippen LogP contribution in [-0.2, 0) is 22.6 Å². The zero-order chi connectivity index (χ0) is 23.1. The minimum absolute atomic E-state index is 0.132. The third-order valence-electron chi connectivity index (χ3n) is 5.10. The average molecular weight is 463 g/mol. The average Bonchev–Trinajstić information content (AvgIpc) is 2.67. The predicted molar refractivity (Wildman–Crippen MR) is 129 cm³/mol. The van der Waals surface area contributed by atoms with E-state index in [1.807, 2.05) is 46.8 Å². The highest BCUT2D eigenvalue weighted by atomic mass is 35.5. The van der Waals surface area contributed by atoms with Gasteiger partial charge < -0.3 is 10.2 Å². The number of nitrogens with zero attached hydrogens (tertiary/aromatic N) is 1. The second-order valence-corrected chi connectivity index (χ2v) is 9.27. The van der Waals surface area contributed by atoms with Gasteiger partial charge in [-0.1, -0.05) is 79.4 Å². The van der Waals surface area contributed by atoms with Crippen molar-refractivity contribution in [1.82, 2.24) is 10.2 Å². The lowest BCUT2D eigenvalue weighted by atomic mass is 10.0. The molecule has 31 heavy (non-hydrogen) atoms. The summed E-state index contributed by atoms with van der Waals surface area (Å²) in [7, 11) is 0. The van der Waals surface area contributed by atoms with E-state index in [0.29, 0.717) is 34.5 Å². The summed E-state index contributed by atoms with van der Waals surface area (Å²) in [6.07, 6.45) is 0.698. The largest absolute Gasteiger partial charge is 0.354 e. The van der Waals surface area contributed by atoms with Crippen LogP contribution >= 0.6 is 23.2 Å². The van der Waals surface area contributed by atoms with Gasteiger partial charge in [-0.3, -0.25) is 9.59 Å². The fraction of sp³-hybridized carbons (Fsp3) is 0.440. The van der Waals surface area contributed by atoms with Gasteiger partial charge in [0.15, 0.2) is 0 Å². The second kappa shape index (κ2) is 11.5. The zero-order valence-electron chi connectivity index (χ0n) is 19.0. The van der Waals surface area contributed by atoms with Crippen LogP contribution in [-0.4, -0.2) is 29.3 Å². The molecule has 2 aromatic carbocycles. The summed E-state index contributed by atoms with van der Waals surface area (Å²) < 4.78 is 0. The van der Waals surface area contributed by atoms with Crippen molar-refractivity contribution in [3.05, 3.63) is 68.7 Å². The molecule has 168 valence electrons. The number of hydrogen-bond donors (Lipinski definition) is 1. The minimum atomic E-state index is -0.607. The molecule has 4 nitrogen and oxygen atoms in total. The topological polar surface area (TPSA) is 49.4 Å². The van der Waals surface area contributed by atoms with Crippen LogP contribution in [0.2, 0.25) is 10.0 Å². The minimum Gasteiger partial charge on any atom is -0.354 e. The Bertz CT molecular complexity index is 887. The lowest BCUT2D eigenvalue weighted by Crippen LogP contribution is -2.50. The molecule has 0 aliphatic heterocycles. The van der Waals surface area contributed by atoms with Crippen LogP contribution in [0.25, 0.3) is 0 Å². The van der Waals surface area contributed by atoms with Crippen LogP contribution in [0.3, 0.4) is 0 Å². The molecule has 0 saturated carbocycles. The Balaban J connectivity index is 2.37. The number of aryl methyl sites for hydroxylation is 2. The fourth-order valence-corrected chi connectivity index (χ4v) is 4.16. The van der Waals surface area contributed by atoms with Gasteiger partial charge in [-0.25, -0.2) is 0 Å². The van der Waals surface area contributed by atoms with Crippen LogP contribution in [0.1, 0.15) is 49.4 Å². The number of carbonyl (C=O) groups is 2. The van der Waals surface area contributed by atoms with Gasteiger partial charge in [-0.2, -0.15) is 0 Å². The number of halogens is 2. The van der Waals surface area contributed by atoms with E-state index < -0.39 is 6.04 Å². The van der Waals surface area contributed by atoms with Gasteiger partial charge in [-0.05, 0) is 43.9 Å². The van der Waals surface area contributed by atoms with E-state index in [9.17, 15) is 9.59 Å². The normalized spacial score (nSPS) is 12.0. The first-order chi connectivity index (χ1) is 14.6. The second-order valence-electron chi connectivity index (χ2n) is 8.46. The molecule has 0 unspecified atom stereocenters. The number of nitrogens with one attached hydrogen (secondary N) is 1. The highest BCUT2D eigenvalue weighted by molar-refractivity contribution is 6.36. The van der Waals surface area contributed by atoms with E-state index >= 15 is 0 Å². The summed E-state index contributed by atoms with van der Waals surface area (Å²) >= 11 is 12.8. The molecule has 0 aliphatic rings. The summed E-state index contributed by atoms with van der Waals surface area (Å²) in [5, 5.41) is 3.93. The Morgan fingerprint density at radius 3 is 2.13 bits per heavy atom. The monoisotopic (exact) mass is 462 g/mol. The van der Waals surface area contributed by atoms with Gasteiger partial charge in [0.05, 0.1) is 6.42 Å². The number of carbonyl (C=O) groups excluding carboxylic acids is 2. The molecule has 6 heteroatoms. The Kier molecular flexibility index (Phi) is 9.39. The highest BCUT2D eigenvalue weighted by Gasteiger charge is 2.29. The maximum atomic E-state index is 13.5. The molecule has 0 heterocycles. The van der Waals surface area contributed by atoms with Crippen molar-refractivity contribution in [3.8, 4) is 0 Å². The summed E-state index contributed by atoms with van der Waals surface area (Å²) in [6, 6.07) is 10.7. The van der Waals surface area contributed by atoms with Crippen molar-refractivity contribution in [2.45, 2.75) is 60.0 Å². The first-order valence-electron chi connectivity index (χ1n) is 10.7. The van der Waals surface area contributed by atoms with E-state index in [2.05, 4.69) is 11.4 Å². The first-order valence-corrected chi connectivity index (χ1v) is 11.4. The van der Waals surface area contributed by atoms with Crippen molar-refractivity contribution < 1.29 is 9.59 Å². The number of amides is 2. The first kappa shape index (κ1) is 25.2. The third-order valence-corrected chi connectivity index (χ3v) is 5.81. The molecule has 0 spiro atoms. The van der Waals surface area contributed by atoms with Gasteiger partial charge in [0, 0.05) is 28.7 Å². The van der Waals surface area contributed by atoms with Crippen LogP contribution in [0.15, 0.2) is 36.4 Å². The van der Waals surface area contributed by atoms with E-state index in [0.717, 1.165) is 16.7 Å². The third kappa shape index (κ3) is 7.26. The summed E-state index contributed by atoms with van der Waals surface area (Å²) in [5.41, 5.74) is 3.78. The highest BCUT2D eigenvalue weighted by Crippen LogP contribution is 2.27. The Morgan fingerprint density at radius 1 is 1.03 bits per heavy atom. The smallest absolute Gasteiger partial charge is 0.242 e. The van der Waals surface area contributed by atoms with Crippen molar-refractivity contribution >= 4 is 35.0 Å². The maximum Gasteiger partial charge on any atom is 0.242 e. The van der Waals surface area contributed by atoms with Gasteiger partial charge in [0.1, 0.15) is 6.04 Å². The van der Waals surface area contributed by atoms with Gasteiger partial charge in [0.2, 0.25) is 11.8 Å². The SMILES string of the molecule is CC[C@@H](C(=O)NCC(C)C)N(Cc1c(Cl)cccc1Cl)C(=O)Cc1cc(C)cc(C)c1. The summed E-state index contributed by atoms with van der Waals surface area (Å²) in [6.45, 7) is 10.7. The van der Waals surface area contributed by atoms with Crippen LogP contribution in [0.4, 0.5) is 0 Å². The Labute approximate surface area is 195 Å². The maximum absolute atomic E-state index is 13.5. The molecule has 0 aromatic heterocycles. The Morgan fingerprint density at radius 2 is 1.61 bits per heavy atom. The molecular weight excluding hydrogens is 431 g/mol. The summed E-state index contributed by atoms with van der Waals surface area (Å²) in [4.78, 5) is 28.1. The molecule has 2 amide bonds. The molecule has 0 aliphatic carbocycles. The van der Waals surface area contributed by atoms with Crippen molar-refractivity contribution in [3.63, 3.8) is 0 Å². The van der Waals surface area contributed by atoms with Gasteiger partial charge in [0.25, 0.3) is 0 Å². The van der Waals surface area contributed by atoms with Gasteiger partial charge in [-0.15, -0.1) is 0 Å². The molecule has 1 N–H and O–H groups in total. The Hall–Kier alpha value is -2.04. The fourth-order valence-electron chi connectivity index (χ4n) is 3.64. The van der Waals surface area contributed by atoms with E-state index in [-0.39, 0.29) is 24.8 Å². The van der Waals surface area contributed by atoms with Crippen molar-refractivity contribution in [2.24, 2.45) is 5.92 Å². The zero-order valence-corrected chi connectivity index (χ0v) is 20.5. The molecule has 0 bridgehead atoms. The van der Waals surface area contributed by atoms with Gasteiger partial charge >= 0.3 is 0 Å². The number of hydrogen-bond acceptors (Lipinski definition) is 2. The lowest BCUT2D eigenvalue weighted by molar-refractivity contribution is -0.141. The molecule has 1 atom stereocenters. The lowest BCUT2D eigenvalue weighted by Gasteiger charge is -2.31. The number of rotatable bonds is 9. The van der Waals surface area contributed by atoms with Crippen LogP contribution in [0.5, 0.6) is 0 Å². The van der Waals surface area contributed by atoms with E-state index in [4.69, 9.17) is 23.2 Å². The quantitative estimate of drug-likeness (QED) is 0.516. The predicted octanol–water partition coefficient (Wildman–Crippen LogP) is 5.73. The molecular formula is C25H32Cl2N2O2. The van der Waals surface area contributed by atoms with Crippen molar-refractivity contribution in [2.75, 3.05) is 6.54 Å². The molecule has 0 saturated heterocycles. The molecule has 0 radical (unpaired) electrons. The van der Waals surface area contributed by atoms with Crippen LogP contribution < -0.4 is 5.32 Å². The standard InChI is InChI=1S/C25H32Cl2N2O2/c1-6-23(25(31)28-14-16(2)3)29(15-20-21(26)8-7-9-22(20)27)24(30)13-19-11-17(4)10-18(5)12-19/h7-12,16,23H,6,13-15H2,1-5H3,(H,28,31)/t23-/m0/s1. The number of benzene rings is 2. The molecule has 0 fully saturated rings. The van der Waals surface area contributed by atoms with E-state index in [1.54, 1.807) is 23.1 Å². The summed E-state index contributed by atoms with van der Waals surface area (Å²) in [5.74, 6) is 0.0274.